The average Bonchev–Trinajstić information content (AvgIpc) is 2.19. The molecular weight excluding hydrogens is 259 g/mol. The molecule has 0 aliphatic carbocycles. The summed E-state index contributed by atoms with van der Waals surface area (Å²) >= 11 is 5.67. The molecule has 0 unspecified atom stereocenters. The van der Waals surface area contributed by atoms with Gasteiger partial charge in [0, 0.05) is 6.54 Å². The summed E-state index contributed by atoms with van der Waals surface area (Å²) in [5.41, 5.74) is -0.0613. The average molecular weight is 268 g/mol. The fraction of sp³-hybridized carbons (Fsp3) is 0.300. The standard InChI is InChI=1S/C10H9ClF3NO2/c11-8-2-1-6(16)5-7(8)9(17)15-4-3-10(12,13)14/h1-2,5,16H,3-4H2,(H,15,17). The number of benzene rings is 1. The SMILES string of the molecule is O=C(NCCC(F)(F)F)c1cc(O)ccc1Cl. The number of amides is 1. The maximum Gasteiger partial charge on any atom is 0.390 e. The molecule has 1 aromatic rings. The van der Waals surface area contributed by atoms with Crippen molar-refractivity contribution in [1.82, 2.24) is 5.32 Å². The molecule has 17 heavy (non-hydrogen) atoms. The van der Waals surface area contributed by atoms with Crippen LogP contribution in [0.5, 0.6) is 5.75 Å². The van der Waals surface area contributed by atoms with Gasteiger partial charge in [0.05, 0.1) is 17.0 Å². The summed E-state index contributed by atoms with van der Waals surface area (Å²) in [5, 5.41) is 11.3. The first kappa shape index (κ1) is 13.6. The third kappa shape index (κ3) is 4.52. The number of halogens is 4. The van der Waals surface area contributed by atoms with Crippen molar-refractivity contribution in [3.63, 3.8) is 0 Å². The lowest BCUT2D eigenvalue weighted by Gasteiger charge is -2.09. The summed E-state index contributed by atoms with van der Waals surface area (Å²) < 4.78 is 35.5. The van der Waals surface area contributed by atoms with Crippen molar-refractivity contribution < 1.29 is 23.1 Å². The van der Waals surface area contributed by atoms with E-state index in [-0.39, 0.29) is 16.3 Å². The largest absolute Gasteiger partial charge is 0.508 e. The Labute approximate surface area is 100 Å². The molecule has 3 nitrogen and oxygen atoms in total. The van der Waals surface area contributed by atoms with Crippen LogP contribution in [0, 0.1) is 0 Å². The quantitative estimate of drug-likeness (QED) is 0.885. The number of carbonyl (C=O) groups excluding carboxylic acids is 1. The zero-order chi connectivity index (χ0) is 13.1. The Balaban J connectivity index is 2.61. The van der Waals surface area contributed by atoms with Crippen LogP contribution in [0.3, 0.4) is 0 Å². The third-order valence-electron chi connectivity index (χ3n) is 1.89. The van der Waals surface area contributed by atoms with Gasteiger partial charge in [-0.25, -0.2) is 0 Å². The van der Waals surface area contributed by atoms with Crippen molar-refractivity contribution in [2.24, 2.45) is 0 Å². The second-order valence-corrected chi connectivity index (χ2v) is 3.69. The molecule has 1 amide bonds. The Morgan fingerprint density at radius 2 is 2.06 bits per heavy atom. The van der Waals surface area contributed by atoms with Crippen LogP contribution in [0.15, 0.2) is 18.2 Å². The fourth-order valence-corrected chi connectivity index (χ4v) is 1.30. The summed E-state index contributed by atoms with van der Waals surface area (Å²) in [6.07, 6.45) is -5.44. The molecule has 0 bridgehead atoms. The Morgan fingerprint density at radius 3 is 2.65 bits per heavy atom. The molecule has 0 heterocycles. The van der Waals surface area contributed by atoms with Crippen molar-refractivity contribution in [2.45, 2.75) is 12.6 Å². The van der Waals surface area contributed by atoms with Gasteiger partial charge in [-0.1, -0.05) is 11.6 Å². The van der Waals surface area contributed by atoms with E-state index in [0.717, 1.165) is 6.07 Å². The summed E-state index contributed by atoms with van der Waals surface area (Å²) in [7, 11) is 0. The number of hydrogen-bond acceptors (Lipinski definition) is 2. The van der Waals surface area contributed by atoms with Crippen LogP contribution >= 0.6 is 11.6 Å². The minimum Gasteiger partial charge on any atom is -0.508 e. The lowest BCUT2D eigenvalue weighted by Crippen LogP contribution is -2.28. The van der Waals surface area contributed by atoms with Gasteiger partial charge in [-0.15, -0.1) is 0 Å². The normalized spacial score (nSPS) is 11.3. The first-order valence-corrected chi connectivity index (χ1v) is 5.01. The van der Waals surface area contributed by atoms with Gasteiger partial charge in [-0.05, 0) is 18.2 Å². The minimum atomic E-state index is -4.32. The highest BCUT2D eigenvalue weighted by Crippen LogP contribution is 2.21. The van der Waals surface area contributed by atoms with E-state index in [4.69, 9.17) is 16.7 Å². The summed E-state index contributed by atoms with van der Waals surface area (Å²) in [6, 6.07) is 3.65. The van der Waals surface area contributed by atoms with Crippen LogP contribution in [0.2, 0.25) is 5.02 Å². The van der Waals surface area contributed by atoms with Gasteiger partial charge < -0.3 is 10.4 Å². The van der Waals surface area contributed by atoms with Gasteiger partial charge in [0.2, 0.25) is 0 Å². The number of carbonyl (C=O) groups is 1. The molecule has 0 aliphatic heterocycles. The van der Waals surface area contributed by atoms with Crippen molar-refractivity contribution in [3.05, 3.63) is 28.8 Å². The van der Waals surface area contributed by atoms with Crippen LogP contribution in [0.1, 0.15) is 16.8 Å². The van der Waals surface area contributed by atoms with Gasteiger partial charge in [0.25, 0.3) is 5.91 Å². The van der Waals surface area contributed by atoms with Crippen LogP contribution in [-0.4, -0.2) is 23.7 Å². The lowest BCUT2D eigenvalue weighted by atomic mass is 10.2. The fourth-order valence-electron chi connectivity index (χ4n) is 1.10. The van der Waals surface area contributed by atoms with E-state index in [1.165, 1.54) is 12.1 Å². The zero-order valence-electron chi connectivity index (χ0n) is 8.51. The maximum absolute atomic E-state index is 11.8. The summed E-state index contributed by atoms with van der Waals surface area (Å²) in [4.78, 5) is 11.4. The molecule has 0 fully saturated rings. The van der Waals surface area contributed by atoms with Gasteiger partial charge in [-0.2, -0.15) is 13.2 Å². The first-order chi connectivity index (χ1) is 7.79. The highest BCUT2D eigenvalue weighted by Gasteiger charge is 2.26. The van der Waals surface area contributed by atoms with E-state index < -0.39 is 25.0 Å². The Hall–Kier alpha value is -1.43. The molecule has 1 rings (SSSR count). The molecule has 0 saturated carbocycles. The van der Waals surface area contributed by atoms with Crippen LogP contribution in [0.4, 0.5) is 13.2 Å². The predicted molar refractivity (Wildman–Crippen MR) is 56.1 cm³/mol. The Morgan fingerprint density at radius 1 is 1.41 bits per heavy atom. The van der Waals surface area contributed by atoms with E-state index in [1.807, 2.05) is 0 Å². The number of rotatable bonds is 3. The van der Waals surface area contributed by atoms with Gasteiger partial charge in [-0.3, -0.25) is 4.79 Å². The Kier molecular flexibility index (Phi) is 4.22. The van der Waals surface area contributed by atoms with E-state index in [0.29, 0.717) is 0 Å². The topological polar surface area (TPSA) is 49.3 Å². The molecule has 94 valence electrons. The summed E-state index contributed by atoms with van der Waals surface area (Å²) in [6.45, 7) is -0.533. The molecule has 0 aliphatic rings. The molecule has 1 aromatic carbocycles. The number of phenolic OH excluding ortho intramolecular Hbond substituents is 1. The number of aromatic hydroxyl groups is 1. The molecule has 7 heteroatoms. The highest BCUT2D eigenvalue weighted by molar-refractivity contribution is 6.33. The number of alkyl halides is 3. The second-order valence-electron chi connectivity index (χ2n) is 3.29. The molecular formula is C10H9ClF3NO2. The number of hydrogen-bond donors (Lipinski definition) is 2. The van der Waals surface area contributed by atoms with E-state index in [9.17, 15) is 18.0 Å². The van der Waals surface area contributed by atoms with E-state index in [1.54, 1.807) is 0 Å². The van der Waals surface area contributed by atoms with Crippen LogP contribution in [0.25, 0.3) is 0 Å². The van der Waals surface area contributed by atoms with Crippen LogP contribution < -0.4 is 5.32 Å². The lowest BCUT2D eigenvalue weighted by molar-refractivity contribution is -0.132. The second kappa shape index (κ2) is 5.27. The third-order valence-corrected chi connectivity index (χ3v) is 2.22. The van der Waals surface area contributed by atoms with Gasteiger partial charge >= 0.3 is 6.18 Å². The molecule has 0 spiro atoms. The monoisotopic (exact) mass is 267 g/mol. The summed E-state index contributed by atoms with van der Waals surface area (Å²) in [5.74, 6) is -0.939. The first-order valence-electron chi connectivity index (χ1n) is 4.63. The van der Waals surface area contributed by atoms with Crippen molar-refractivity contribution >= 4 is 17.5 Å². The maximum atomic E-state index is 11.8. The molecule has 0 saturated heterocycles. The van der Waals surface area contributed by atoms with E-state index >= 15 is 0 Å². The van der Waals surface area contributed by atoms with Gasteiger partial charge in [0.1, 0.15) is 5.75 Å². The van der Waals surface area contributed by atoms with Crippen molar-refractivity contribution in [3.8, 4) is 5.75 Å². The molecule has 0 atom stereocenters. The molecule has 2 N–H and O–H groups in total. The minimum absolute atomic E-state index is 0.0613. The van der Waals surface area contributed by atoms with Gasteiger partial charge in [0.15, 0.2) is 0 Å². The van der Waals surface area contributed by atoms with E-state index in [2.05, 4.69) is 5.32 Å². The highest BCUT2D eigenvalue weighted by atomic mass is 35.5. The predicted octanol–water partition coefficient (Wildman–Crippen LogP) is 2.73. The van der Waals surface area contributed by atoms with Crippen LogP contribution in [-0.2, 0) is 0 Å². The number of nitrogens with one attached hydrogen (secondary N) is 1. The smallest absolute Gasteiger partial charge is 0.390 e. The van der Waals surface area contributed by atoms with Crippen molar-refractivity contribution in [1.29, 1.82) is 0 Å². The Bertz CT molecular complexity index is 421. The molecule has 0 radical (unpaired) electrons. The zero-order valence-corrected chi connectivity index (χ0v) is 9.27. The molecule has 0 aromatic heterocycles. The van der Waals surface area contributed by atoms with Crippen molar-refractivity contribution in [2.75, 3.05) is 6.54 Å². The number of phenols is 1.